The highest BCUT2D eigenvalue weighted by Crippen LogP contribution is 2.13. The van der Waals surface area contributed by atoms with Gasteiger partial charge in [-0.1, -0.05) is 6.07 Å². The van der Waals surface area contributed by atoms with Crippen molar-refractivity contribution < 1.29 is 28.0 Å². The molecule has 1 aliphatic rings. The number of hydrogen-bond acceptors (Lipinski definition) is 4. The third-order valence-corrected chi connectivity index (χ3v) is 2.66. The first kappa shape index (κ1) is 13.0. The average Bonchev–Trinajstić information content (AvgIpc) is 2.77. The minimum absolute atomic E-state index is 0.130. The molecule has 1 N–H and O–H groups in total. The molecule has 2 rings (SSSR count). The van der Waals surface area contributed by atoms with Crippen LogP contribution in [0, 0.1) is 0 Å². The van der Waals surface area contributed by atoms with Crippen molar-refractivity contribution in [2.45, 2.75) is 12.7 Å². The minimum atomic E-state index is -1.38. The molecular weight excluding hydrogens is 245 g/mol. The number of fused-ring (bicyclic) bond motifs is 1. The predicted octanol–water partition coefficient (Wildman–Crippen LogP) is 0.369. The Bertz CT molecular complexity index is 451. The van der Waals surface area contributed by atoms with Crippen LogP contribution in [0.2, 0.25) is 0 Å². The van der Waals surface area contributed by atoms with Crippen LogP contribution in [-0.4, -0.2) is 37.6 Å². The van der Waals surface area contributed by atoms with Crippen molar-refractivity contribution in [3.8, 4) is 0 Å². The zero-order chi connectivity index (χ0) is 13.1. The fourth-order valence-electron chi connectivity index (χ4n) is 1.67. The smallest absolute Gasteiger partial charge is 0.453 e. The molecule has 4 nitrogen and oxygen atoms in total. The molecule has 0 aliphatic carbocycles. The third kappa shape index (κ3) is 2.52. The zero-order valence-electron chi connectivity index (χ0n) is 9.44. The fraction of sp³-hybridized carbons (Fsp3) is 0.364. The summed E-state index contributed by atoms with van der Waals surface area (Å²) in [5.41, 5.74) is 1.37. The zero-order valence-corrected chi connectivity index (χ0v) is 9.44. The molecule has 0 fully saturated rings. The maximum atomic E-state index is 12.2. The molecule has 0 spiro atoms. The first-order valence-electron chi connectivity index (χ1n) is 5.41. The van der Waals surface area contributed by atoms with Gasteiger partial charge in [-0.3, -0.25) is 0 Å². The van der Waals surface area contributed by atoms with Gasteiger partial charge in [-0.2, -0.15) is 0 Å². The van der Waals surface area contributed by atoms with E-state index in [0.29, 0.717) is 5.46 Å². The molecule has 1 heterocycles. The van der Waals surface area contributed by atoms with Gasteiger partial charge in [-0.05, 0) is 23.2 Å². The molecule has 0 amide bonds. The summed E-state index contributed by atoms with van der Waals surface area (Å²) >= 11 is 0. The van der Waals surface area contributed by atoms with Gasteiger partial charge in [-0.25, -0.2) is 13.6 Å². The van der Waals surface area contributed by atoms with E-state index in [1.165, 1.54) is 12.1 Å². The van der Waals surface area contributed by atoms with E-state index in [4.69, 9.17) is 4.65 Å². The van der Waals surface area contributed by atoms with Gasteiger partial charge in [0.15, 0.2) is 6.10 Å². The van der Waals surface area contributed by atoms with E-state index < -0.39 is 32.5 Å². The summed E-state index contributed by atoms with van der Waals surface area (Å²) in [6.45, 7) is -1.87. The molecule has 0 bridgehead atoms. The standard InChI is InChI=1S/C11H11BF2O4/c13-4-9(5-14)18-11(15)7-1-2-8-6-17-12(16)10(8)3-7/h1-3,9,16H,4-6H2. The second-order valence-electron chi connectivity index (χ2n) is 3.91. The van der Waals surface area contributed by atoms with Crippen LogP contribution in [0.3, 0.4) is 0 Å². The molecule has 0 unspecified atom stereocenters. The Balaban J connectivity index is 2.14. The fourth-order valence-corrected chi connectivity index (χ4v) is 1.67. The van der Waals surface area contributed by atoms with Crippen molar-refractivity contribution in [3.63, 3.8) is 0 Å². The number of carbonyl (C=O) groups excluding carboxylic acids is 1. The molecule has 7 heteroatoms. The Kier molecular flexibility index (Phi) is 3.93. The van der Waals surface area contributed by atoms with Crippen LogP contribution >= 0.6 is 0 Å². The highest BCUT2D eigenvalue weighted by molar-refractivity contribution is 6.61. The van der Waals surface area contributed by atoms with Crippen LogP contribution in [0.15, 0.2) is 18.2 Å². The van der Waals surface area contributed by atoms with Crippen LogP contribution in [0.1, 0.15) is 15.9 Å². The van der Waals surface area contributed by atoms with E-state index in [-0.39, 0.29) is 12.2 Å². The Morgan fingerprint density at radius 3 is 2.89 bits per heavy atom. The lowest BCUT2D eigenvalue weighted by atomic mass is 9.79. The van der Waals surface area contributed by atoms with Crippen molar-refractivity contribution in [3.05, 3.63) is 29.3 Å². The number of ether oxygens (including phenoxy) is 1. The molecule has 1 aromatic carbocycles. The van der Waals surface area contributed by atoms with Gasteiger partial charge in [0.1, 0.15) is 13.3 Å². The van der Waals surface area contributed by atoms with Gasteiger partial charge in [0.2, 0.25) is 0 Å². The number of rotatable bonds is 4. The topological polar surface area (TPSA) is 55.8 Å². The average molecular weight is 256 g/mol. The quantitative estimate of drug-likeness (QED) is 0.624. The Labute approximate surface area is 103 Å². The summed E-state index contributed by atoms with van der Waals surface area (Å²) in [5, 5.41) is 9.47. The van der Waals surface area contributed by atoms with E-state index in [0.717, 1.165) is 5.56 Å². The summed E-state index contributed by atoms with van der Waals surface area (Å²) in [7, 11) is -1.08. The van der Waals surface area contributed by atoms with Crippen LogP contribution in [0.5, 0.6) is 0 Å². The second-order valence-corrected chi connectivity index (χ2v) is 3.91. The molecule has 0 saturated carbocycles. The molecule has 0 atom stereocenters. The maximum absolute atomic E-state index is 12.2. The largest absolute Gasteiger partial charge is 0.491 e. The maximum Gasteiger partial charge on any atom is 0.491 e. The number of benzene rings is 1. The van der Waals surface area contributed by atoms with Crippen LogP contribution in [0.4, 0.5) is 8.78 Å². The molecular formula is C11H11BF2O4. The van der Waals surface area contributed by atoms with Gasteiger partial charge in [-0.15, -0.1) is 0 Å². The lowest BCUT2D eigenvalue weighted by molar-refractivity contribution is 0.0173. The van der Waals surface area contributed by atoms with E-state index in [9.17, 15) is 18.6 Å². The molecule has 1 aliphatic heterocycles. The molecule has 18 heavy (non-hydrogen) atoms. The number of halogens is 2. The van der Waals surface area contributed by atoms with Crippen molar-refractivity contribution >= 4 is 18.6 Å². The molecule has 0 aromatic heterocycles. The number of alkyl halides is 2. The van der Waals surface area contributed by atoms with Crippen molar-refractivity contribution in [2.75, 3.05) is 13.3 Å². The lowest BCUT2D eigenvalue weighted by Crippen LogP contribution is -2.29. The van der Waals surface area contributed by atoms with Crippen LogP contribution < -0.4 is 5.46 Å². The number of hydrogen-bond donors (Lipinski definition) is 1. The van der Waals surface area contributed by atoms with Crippen molar-refractivity contribution in [1.82, 2.24) is 0 Å². The SMILES string of the molecule is O=C(OC(CF)CF)c1ccc2c(c1)B(O)OC2. The Morgan fingerprint density at radius 1 is 1.50 bits per heavy atom. The normalized spacial score (nSPS) is 13.9. The molecule has 0 saturated heterocycles. The first-order valence-corrected chi connectivity index (χ1v) is 5.41. The van der Waals surface area contributed by atoms with Gasteiger partial charge >= 0.3 is 13.1 Å². The predicted molar refractivity (Wildman–Crippen MR) is 60.0 cm³/mol. The summed E-state index contributed by atoms with van der Waals surface area (Å²) < 4.78 is 34.1. The van der Waals surface area contributed by atoms with E-state index in [2.05, 4.69) is 4.74 Å². The Hall–Kier alpha value is -1.47. The lowest BCUT2D eigenvalue weighted by Gasteiger charge is -2.11. The summed E-state index contributed by atoms with van der Waals surface area (Å²) in [4.78, 5) is 11.6. The molecule has 1 aromatic rings. The van der Waals surface area contributed by atoms with Crippen LogP contribution in [0.25, 0.3) is 0 Å². The van der Waals surface area contributed by atoms with Crippen molar-refractivity contribution in [2.24, 2.45) is 0 Å². The van der Waals surface area contributed by atoms with E-state index in [1.807, 2.05) is 0 Å². The van der Waals surface area contributed by atoms with Crippen molar-refractivity contribution in [1.29, 1.82) is 0 Å². The molecule has 96 valence electrons. The van der Waals surface area contributed by atoms with Gasteiger partial charge in [0.05, 0.1) is 12.2 Å². The number of carbonyl (C=O) groups is 1. The molecule has 0 radical (unpaired) electrons. The number of esters is 1. The van der Waals surface area contributed by atoms with Crippen LogP contribution in [-0.2, 0) is 16.0 Å². The highest BCUT2D eigenvalue weighted by Gasteiger charge is 2.28. The monoisotopic (exact) mass is 256 g/mol. The second kappa shape index (κ2) is 5.45. The van der Waals surface area contributed by atoms with E-state index in [1.54, 1.807) is 6.07 Å². The van der Waals surface area contributed by atoms with Gasteiger partial charge in [0, 0.05) is 0 Å². The first-order chi connectivity index (χ1) is 8.65. The third-order valence-electron chi connectivity index (χ3n) is 2.66. The van der Waals surface area contributed by atoms with Gasteiger partial charge in [0.25, 0.3) is 0 Å². The summed E-state index contributed by atoms with van der Waals surface area (Å²) in [6.07, 6.45) is -1.38. The summed E-state index contributed by atoms with van der Waals surface area (Å²) in [5.74, 6) is -0.822. The van der Waals surface area contributed by atoms with E-state index >= 15 is 0 Å². The Morgan fingerprint density at radius 2 is 2.22 bits per heavy atom. The summed E-state index contributed by atoms with van der Waals surface area (Å²) in [6, 6.07) is 4.49. The van der Waals surface area contributed by atoms with Gasteiger partial charge < -0.3 is 14.4 Å². The minimum Gasteiger partial charge on any atom is -0.453 e. The highest BCUT2D eigenvalue weighted by atomic mass is 19.1.